The number of halogens is 1. The van der Waals surface area contributed by atoms with Gasteiger partial charge in [-0.1, -0.05) is 12.1 Å². The van der Waals surface area contributed by atoms with E-state index in [2.05, 4.69) is 10.2 Å². The SMILES string of the molecule is Cc1ccc(C(CNC(=O)C2CC2c2ccc(F)cc2)N2CCOCC2)o1. The maximum atomic E-state index is 13.1. The molecule has 3 atom stereocenters. The molecule has 1 aliphatic heterocycles. The number of rotatable bonds is 6. The van der Waals surface area contributed by atoms with Crippen LogP contribution >= 0.6 is 0 Å². The van der Waals surface area contributed by atoms with Crippen LogP contribution in [0.3, 0.4) is 0 Å². The van der Waals surface area contributed by atoms with Gasteiger partial charge in [0.15, 0.2) is 0 Å². The molecule has 0 radical (unpaired) electrons. The number of hydrogen-bond acceptors (Lipinski definition) is 4. The number of furan rings is 1. The predicted molar refractivity (Wildman–Crippen MR) is 98.8 cm³/mol. The van der Waals surface area contributed by atoms with Gasteiger partial charge < -0.3 is 14.5 Å². The summed E-state index contributed by atoms with van der Waals surface area (Å²) in [5.41, 5.74) is 1.03. The lowest BCUT2D eigenvalue weighted by Gasteiger charge is -2.33. The number of benzene rings is 1. The number of nitrogens with zero attached hydrogens (tertiary/aromatic N) is 1. The van der Waals surface area contributed by atoms with Crippen molar-refractivity contribution in [2.45, 2.75) is 25.3 Å². The molecule has 144 valence electrons. The van der Waals surface area contributed by atoms with Crippen LogP contribution in [0.2, 0.25) is 0 Å². The Morgan fingerprint density at radius 3 is 2.63 bits per heavy atom. The van der Waals surface area contributed by atoms with Crippen molar-refractivity contribution in [2.75, 3.05) is 32.8 Å². The summed E-state index contributed by atoms with van der Waals surface area (Å²) in [6, 6.07) is 10.4. The van der Waals surface area contributed by atoms with Crippen LogP contribution in [0.4, 0.5) is 4.39 Å². The Hall–Kier alpha value is -2.18. The van der Waals surface area contributed by atoms with Gasteiger partial charge in [0.25, 0.3) is 0 Å². The second kappa shape index (κ2) is 7.82. The van der Waals surface area contributed by atoms with Crippen LogP contribution in [0.5, 0.6) is 0 Å². The molecule has 27 heavy (non-hydrogen) atoms. The molecular weight excluding hydrogens is 347 g/mol. The lowest BCUT2D eigenvalue weighted by atomic mass is 10.1. The topological polar surface area (TPSA) is 54.7 Å². The Bertz CT molecular complexity index is 783. The van der Waals surface area contributed by atoms with Crippen molar-refractivity contribution < 1.29 is 18.3 Å². The summed E-state index contributed by atoms with van der Waals surface area (Å²) in [5, 5.41) is 3.11. The minimum Gasteiger partial charge on any atom is -0.465 e. The van der Waals surface area contributed by atoms with Gasteiger partial charge in [-0.25, -0.2) is 4.39 Å². The summed E-state index contributed by atoms with van der Waals surface area (Å²) in [5.74, 6) is 1.72. The summed E-state index contributed by atoms with van der Waals surface area (Å²) >= 11 is 0. The molecule has 2 aromatic rings. The Kier molecular flexibility index (Phi) is 5.27. The van der Waals surface area contributed by atoms with Crippen molar-refractivity contribution in [1.82, 2.24) is 10.2 Å². The van der Waals surface area contributed by atoms with Gasteiger partial charge in [-0.3, -0.25) is 9.69 Å². The van der Waals surface area contributed by atoms with Crippen LogP contribution in [0.1, 0.15) is 35.5 Å². The van der Waals surface area contributed by atoms with Crippen LogP contribution in [-0.2, 0) is 9.53 Å². The lowest BCUT2D eigenvalue weighted by molar-refractivity contribution is -0.122. The molecule has 4 rings (SSSR count). The third-order valence-electron chi connectivity index (χ3n) is 5.47. The molecule has 1 aromatic heterocycles. The van der Waals surface area contributed by atoms with Gasteiger partial charge in [0.1, 0.15) is 17.3 Å². The van der Waals surface area contributed by atoms with E-state index in [1.807, 2.05) is 19.1 Å². The van der Waals surface area contributed by atoms with Crippen LogP contribution in [-0.4, -0.2) is 43.7 Å². The molecular formula is C21H25FN2O3. The van der Waals surface area contributed by atoms with Crippen molar-refractivity contribution in [1.29, 1.82) is 0 Å². The second-order valence-corrected chi connectivity index (χ2v) is 7.36. The summed E-state index contributed by atoms with van der Waals surface area (Å²) in [4.78, 5) is 14.9. The molecule has 5 nitrogen and oxygen atoms in total. The Morgan fingerprint density at radius 1 is 1.22 bits per heavy atom. The summed E-state index contributed by atoms with van der Waals surface area (Å²) in [6.45, 7) is 5.47. The first kappa shape index (κ1) is 18.2. The van der Waals surface area contributed by atoms with Gasteiger partial charge in [-0.15, -0.1) is 0 Å². The van der Waals surface area contributed by atoms with E-state index >= 15 is 0 Å². The minimum absolute atomic E-state index is 0.00886. The molecule has 6 heteroatoms. The smallest absolute Gasteiger partial charge is 0.223 e. The Labute approximate surface area is 158 Å². The molecule has 0 bridgehead atoms. The van der Waals surface area contributed by atoms with Crippen molar-refractivity contribution in [3.63, 3.8) is 0 Å². The molecule has 1 N–H and O–H groups in total. The molecule has 1 aromatic carbocycles. The largest absolute Gasteiger partial charge is 0.465 e. The third-order valence-corrected chi connectivity index (χ3v) is 5.47. The minimum atomic E-state index is -0.248. The van der Waals surface area contributed by atoms with Gasteiger partial charge in [-0.2, -0.15) is 0 Å². The van der Waals surface area contributed by atoms with Crippen molar-refractivity contribution in [2.24, 2.45) is 5.92 Å². The van der Waals surface area contributed by atoms with Gasteiger partial charge >= 0.3 is 0 Å². The average molecular weight is 372 g/mol. The number of nitrogens with one attached hydrogen (secondary N) is 1. The van der Waals surface area contributed by atoms with E-state index in [0.717, 1.165) is 36.6 Å². The number of aryl methyl sites for hydroxylation is 1. The Balaban J connectivity index is 1.37. The number of carbonyl (C=O) groups excluding carboxylic acids is 1. The molecule has 2 heterocycles. The summed E-state index contributed by atoms with van der Waals surface area (Å²) in [6.07, 6.45) is 0.819. The monoisotopic (exact) mass is 372 g/mol. The highest BCUT2D eigenvalue weighted by molar-refractivity contribution is 5.82. The van der Waals surface area contributed by atoms with Crippen molar-refractivity contribution in [3.8, 4) is 0 Å². The third kappa shape index (κ3) is 4.22. The van der Waals surface area contributed by atoms with E-state index in [-0.39, 0.29) is 29.6 Å². The maximum Gasteiger partial charge on any atom is 0.223 e. The summed E-state index contributed by atoms with van der Waals surface area (Å²) in [7, 11) is 0. The fraction of sp³-hybridized carbons (Fsp3) is 0.476. The normalized spacial score (nSPS) is 23.8. The van der Waals surface area contributed by atoms with E-state index in [0.29, 0.717) is 19.8 Å². The first-order chi connectivity index (χ1) is 13.1. The number of morpholine rings is 1. The van der Waals surface area contributed by atoms with Gasteiger partial charge in [-0.05, 0) is 49.1 Å². The predicted octanol–water partition coefficient (Wildman–Crippen LogP) is 3.02. The molecule has 1 amide bonds. The van der Waals surface area contributed by atoms with Crippen LogP contribution < -0.4 is 5.32 Å². The van der Waals surface area contributed by atoms with Gasteiger partial charge in [0.2, 0.25) is 5.91 Å². The maximum absolute atomic E-state index is 13.1. The Morgan fingerprint density at radius 2 is 1.96 bits per heavy atom. The number of amides is 1. The zero-order valence-corrected chi connectivity index (χ0v) is 15.5. The van der Waals surface area contributed by atoms with Gasteiger partial charge in [0.05, 0.1) is 19.3 Å². The summed E-state index contributed by atoms with van der Waals surface area (Å²) < 4.78 is 24.4. The van der Waals surface area contributed by atoms with Crippen LogP contribution in [0.15, 0.2) is 40.8 Å². The van der Waals surface area contributed by atoms with E-state index in [9.17, 15) is 9.18 Å². The highest BCUT2D eigenvalue weighted by atomic mass is 19.1. The molecule has 3 unspecified atom stereocenters. The second-order valence-electron chi connectivity index (χ2n) is 7.36. The van der Waals surface area contributed by atoms with Crippen molar-refractivity contribution >= 4 is 5.91 Å². The van der Waals surface area contributed by atoms with Gasteiger partial charge in [0, 0.05) is 25.6 Å². The van der Waals surface area contributed by atoms with Crippen molar-refractivity contribution in [3.05, 3.63) is 59.3 Å². The first-order valence-electron chi connectivity index (χ1n) is 9.53. The standard InChI is InChI=1S/C21H25FN2O3/c1-14-2-7-20(27-14)19(24-8-10-26-11-9-24)13-23-21(25)18-12-17(18)15-3-5-16(22)6-4-15/h2-7,17-19H,8-13H2,1H3,(H,23,25). The fourth-order valence-corrected chi connectivity index (χ4v) is 3.82. The van der Waals surface area contributed by atoms with Crippen LogP contribution in [0.25, 0.3) is 0 Å². The molecule has 1 aliphatic carbocycles. The van der Waals surface area contributed by atoms with E-state index in [1.165, 1.54) is 12.1 Å². The fourth-order valence-electron chi connectivity index (χ4n) is 3.82. The zero-order chi connectivity index (χ0) is 18.8. The lowest BCUT2D eigenvalue weighted by Crippen LogP contribution is -2.44. The van der Waals surface area contributed by atoms with E-state index in [4.69, 9.17) is 9.15 Å². The zero-order valence-electron chi connectivity index (χ0n) is 15.5. The highest BCUT2D eigenvalue weighted by Gasteiger charge is 2.44. The van der Waals surface area contributed by atoms with E-state index < -0.39 is 0 Å². The quantitative estimate of drug-likeness (QED) is 0.847. The number of ether oxygens (including phenoxy) is 1. The molecule has 0 spiro atoms. The average Bonchev–Trinajstić information content (AvgIpc) is 3.38. The van der Waals surface area contributed by atoms with E-state index in [1.54, 1.807) is 12.1 Å². The molecule has 1 saturated heterocycles. The molecule has 1 saturated carbocycles. The molecule has 2 fully saturated rings. The highest BCUT2D eigenvalue weighted by Crippen LogP contribution is 2.47. The number of hydrogen-bond donors (Lipinski definition) is 1. The first-order valence-corrected chi connectivity index (χ1v) is 9.53. The number of carbonyl (C=O) groups is 1. The molecule has 2 aliphatic rings. The van der Waals surface area contributed by atoms with Crippen LogP contribution in [0, 0.1) is 18.7 Å².